The molecule has 2 N–H and O–H groups in total. The van der Waals surface area contributed by atoms with Crippen molar-refractivity contribution < 1.29 is 32.9 Å². The van der Waals surface area contributed by atoms with E-state index in [4.69, 9.17) is 24.2 Å². The molecule has 1 saturated heterocycles. The lowest BCUT2D eigenvalue weighted by molar-refractivity contribution is -0.254. The van der Waals surface area contributed by atoms with Crippen LogP contribution in [0.3, 0.4) is 0 Å². The number of aliphatic carboxylic acids is 1. The van der Waals surface area contributed by atoms with Crippen LogP contribution >= 0.6 is 11.8 Å². The highest BCUT2D eigenvalue weighted by molar-refractivity contribution is 7.99. The Morgan fingerprint density at radius 3 is 2.88 bits per heavy atom. The maximum atomic E-state index is 13.8. The Hall–Kier alpha value is -2.94. The monoisotopic (exact) mass is 576 g/mol. The molecule has 2 aromatic heterocycles. The third kappa shape index (κ3) is 5.01. The summed E-state index contributed by atoms with van der Waals surface area (Å²) in [7, 11) is 0. The number of anilines is 1. The molecule has 214 valence electrons. The van der Waals surface area contributed by atoms with Gasteiger partial charge >= 0.3 is 5.97 Å². The van der Waals surface area contributed by atoms with Gasteiger partial charge in [0.25, 0.3) is 0 Å². The molecule has 2 aliphatic carbocycles. The van der Waals surface area contributed by atoms with Gasteiger partial charge in [0, 0.05) is 24.1 Å². The average molecular weight is 577 g/mol. The second-order valence-electron chi connectivity index (χ2n) is 10.8. The van der Waals surface area contributed by atoms with Crippen molar-refractivity contribution in [3.63, 3.8) is 0 Å². The van der Waals surface area contributed by atoms with Crippen molar-refractivity contribution in [3.8, 4) is 0 Å². The molecule has 0 amide bonds. The molecule has 1 aromatic carbocycles. The number of thioether (sulfide) groups is 1. The van der Waals surface area contributed by atoms with Crippen LogP contribution in [0.4, 0.5) is 14.6 Å². The van der Waals surface area contributed by atoms with Gasteiger partial charge in [0.05, 0.1) is 6.04 Å². The molecule has 3 aliphatic rings. The first-order chi connectivity index (χ1) is 19.1. The largest absolute Gasteiger partial charge is 0.480 e. The number of carboxylic acids is 1. The van der Waals surface area contributed by atoms with E-state index >= 15 is 0 Å². The number of nitrogens with one attached hydrogen (secondary N) is 1. The molecule has 1 aliphatic heterocycles. The lowest BCUT2D eigenvalue weighted by Gasteiger charge is -2.28. The number of fused-ring (bicyclic) bond motifs is 2. The second-order valence-corrected chi connectivity index (χ2v) is 11.9. The Morgan fingerprint density at radius 2 is 2.12 bits per heavy atom. The van der Waals surface area contributed by atoms with Crippen LogP contribution in [0.15, 0.2) is 23.4 Å². The predicted molar refractivity (Wildman–Crippen MR) is 140 cm³/mol. The van der Waals surface area contributed by atoms with E-state index in [1.165, 1.54) is 17.8 Å². The van der Waals surface area contributed by atoms with Crippen molar-refractivity contribution in [1.82, 2.24) is 25.0 Å². The zero-order valence-corrected chi connectivity index (χ0v) is 23.1. The third-order valence-corrected chi connectivity index (χ3v) is 8.43. The lowest BCUT2D eigenvalue weighted by Crippen LogP contribution is -2.42. The van der Waals surface area contributed by atoms with Gasteiger partial charge in [-0.3, -0.25) is 0 Å². The molecule has 0 radical (unpaired) electrons. The number of ether oxygens (including phenoxy) is 3. The minimum absolute atomic E-state index is 0.00927. The molecule has 0 spiro atoms. The number of nitrogens with zero attached hydrogens (tertiary/aromatic N) is 5. The van der Waals surface area contributed by atoms with Crippen molar-refractivity contribution in [3.05, 3.63) is 35.4 Å². The smallest absolute Gasteiger partial charge is 0.329 e. The fourth-order valence-corrected chi connectivity index (χ4v) is 6.30. The minimum Gasteiger partial charge on any atom is -0.480 e. The van der Waals surface area contributed by atoms with Crippen LogP contribution in [-0.2, 0) is 19.0 Å². The summed E-state index contributed by atoms with van der Waals surface area (Å²) >= 11 is 1.51. The van der Waals surface area contributed by atoms with Gasteiger partial charge in [0.1, 0.15) is 12.7 Å². The Morgan fingerprint density at radius 1 is 1.30 bits per heavy atom. The van der Waals surface area contributed by atoms with Gasteiger partial charge in [-0.2, -0.15) is 0 Å². The van der Waals surface area contributed by atoms with Gasteiger partial charge in [-0.15, -0.1) is 5.10 Å². The molecule has 5 atom stereocenters. The number of carbonyl (C=O) groups is 1. The first-order valence-electron chi connectivity index (χ1n) is 13.3. The highest BCUT2D eigenvalue weighted by atomic mass is 32.2. The van der Waals surface area contributed by atoms with Crippen LogP contribution in [0.2, 0.25) is 0 Å². The van der Waals surface area contributed by atoms with Gasteiger partial charge < -0.3 is 24.6 Å². The van der Waals surface area contributed by atoms with Crippen molar-refractivity contribution in [2.24, 2.45) is 0 Å². The summed E-state index contributed by atoms with van der Waals surface area (Å²) in [5, 5.41) is 22.1. The number of halogens is 2. The molecule has 6 rings (SSSR count). The highest BCUT2D eigenvalue weighted by Crippen LogP contribution is 2.52. The van der Waals surface area contributed by atoms with Gasteiger partial charge in [0.15, 0.2) is 39.6 Å². The molecule has 0 bridgehead atoms. The summed E-state index contributed by atoms with van der Waals surface area (Å²) < 4.78 is 47.0. The lowest BCUT2D eigenvalue weighted by atomic mass is 10.1. The average Bonchev–Trinajstić information content (AvgIpc) is 3.27. The summed E-state index contributed by atoms with van der Waals surface area (Å²) in [6, 6.07) is 3.57. The standard InChI is InChI=1S/C26H30F2N6O5S/c1-4-9-40-24-30-22(29-17-11-14(17)13-5-6-15(27)16(28)10-13)20-23(31-24)34(33-32-20)18-7-8-26(37-12-19(35)36)21(18)38-25(2,3)39-26/h5-6,10,14,17-18,21H,4,7-9,11-12H2,1-3H3,(H,35,36)(H,29,30,31)/t14-,17+,18-,21+,26-/m0/s1. The Bertz CT molecular complexity index is 1460. The van der Waals surface area contributed by atoms with E-state index < -0.39 is 41.9 Å². The number of carboxylic acid groups (broad SMARTS) is 1. The second kappa shape index (κ2) is 10.2. The molecule has 40 heavy (non-hydrogen) atoms. The third-order valence-electron chi connectivity index (χ3n) is 7.38. The van der Waals surface area contributed by atoms with Crippen LogP contribution in [0, 0.1) is 11.6 Å². The van der Waals surface area contributed by atoms with Gasteiger partial charge in [-0.1, -0.05) is 30.0 Å². The quantitative estimate of drug-likeness (QED) is 0.265. The molecule has 14 heteroatoms. The molecule has 11 nitrogen and oxygen atoms in total. The zero-order chi connectivity index (χ0) is 28.2. The van der Waals surface area contributed by atoms with E-state index in [9.17, 15) is 18.7 Å². The van der Waals surface area contributed by atoms with Crippen molar-refractivity contribution in [2.45, 2.75) is 87.3 Å². The Kier molecular flexibility index (Phi) is 6.92. The molecule has 3 fully saturated rings. The van der Waals surface area contributed by atoms with E-state index in [1.807, 2.05) is 0 Å². The van der Waals surface area contributed by atoms with E-state index in [1.54, 1.807) is 24.6 Å². The van der Waals surface area contributed by atoms with Crippen LogP contribution in [-0.4, -0.2) is 72.1 Å². The van der Waals surface area contributed by atoms with Gasteiger partial charge in [-0.05, 0) is 50.8 Å². The van der Waals surface area contributed by atoms with Crippen molar-refractivity contribution in [1.29, 1.82) is 0 Å². The molecule has 3 aromatic rings. The van der Waals surface area contributed by atoms with Crippen molar-refractivity contribution >= 4 is 34.7 Å². The molecular weight excluding hydrogens is 546 g/mol. The molecular formula is C26H30F2N6O5S. The fourth-order valence-electron chi connectivity index (χ4n) is 5.61. The maximum Gasteiger partial charge on any atom is 0.329 e. The summed E-state index contributed by atoms with van der Waals surface area (Å²) in [6.07, 6.45) is 1.99. The topological polar surface area (TPSA) is 134 Å². The first kappa shape index (κ1) is 27.2. The summed E-state index contributed by atoms with van der Waals surface area (Å²) in [6.45, 7) is 5.07. The number of rotatable bonds is 10. The predicted octanol–water partition coefficient (Wildman–Crippen LogP) is 4.25. The SMILES string of the molecule is CCCSc1nc(N[C@@H]2C[C@H]2c2ccc(F)c(F)c2)c2nnn([C@H]3CC[C@]4(OCC(=O)O)OC(C)(C)O[C@H]34)c2n1. The van der Waals surface area contributed by atoms with E-state index in [0.717, 1.165) is 30.2 Å². The molecule has 3 heterocycles. The number of hydrogen-bond donors (Lipinski definition) is 2. The van der Waals surface area contributed by atoms with Crippen LogP contribution in [0.1, 0.15) is 64.0 Å². The van der Waals surface area contributed by atoms with Crippen LogP contribution in [0.25, 0.3) is 11.2 Å². The highest BCUT2D eigenvalue weighted by Gasteiger charge is 2.62. The fraction of sp³-hybridized carbons (Fsp3) is 0.577. The van der Waals surface area contributed by atoms with E-state index in [-0.39, 0.29) is 18.0 Å². The number of aromatic nitrogens is 5. The molecule has 2 saturated carbocycles. The normalized spacial score (nSPS) is 28.6. The maximum absolute atomic E-state index is 13.8. The summed E-state index contributed by atoms with van der Waals surface area (Å²) in [5.41, 5.74) is 1.70. The van der Waals surface area contributed by atoms with Gasteiger partial charge in [0.2, 0.25) is 5.79 Å². The van der Waals surface area contributed by atoms with Crippen molar-refractivity contribution in [2.75, 3.05) is 17.7 Å². The molecule has 0 unspecified atom stereocenters. The van der Waals surface area contributed by atoms with E-state index in [2.05, 4.69) is 22.6 Å². The first-order valence-corrected chi connectivity index (χ1v) is 14.3. The number of hydrogen-bond acceptors (Lipinski definition) is 10. The Balaban J connectivity index is 1.31. The van der Waals surface area contributed by atoms with Gasteiger partial charge in [-0.25, -0.2) is 28.2 Å². The number of benzene rings is 1. The minimum atomic E-state index is -1.23. The summed E-state index contributed by atoms with van der Waals surface area (Å²) in [4.78, 5) is 20.8. The van der Waals surface area contributed by atoms with E-state index in [0.29, 0.717) is 35.0 Å². The Labute approximate surface area is 233 Å². The zero-order valence-electron chi connectivity index (χ0n) is 22.3. The van der Waals surface area contributed by atoms with Crippen LogP contribution in [0.5, 0.6) is 0 Å². The van der Waals surface area contributed by atoms with Crippen LogP contribution < -0.4 is 5.32 Å². The summed E-state index contributed by atoms with van der Waals surface area (Å²) in [5.74, 6) is -3.71.